The van der Waals surface area contributed by atoms with Crippen LogP contribution in [-0.2, 0) is 0 Å². The average molecular weight is 902 g/mol. The molecule has 0 bridgehead atoms. The van der Waals surface area contributed by atoms with Gasteiger partial charge >= 0.3 is 0 Å². The molecule has 0 aromatic rings. The summed E-state index contributed by atoms with van der Waals surface area (Å²) in [5, 5.41) is 9.34. The Bertz CT molecular complexity index is 1140. The van der Waals surface area contributed by atoms with Crippen molar-refractivity contribution in [1.29, 1.82) is 0 Å². The minimum atomic E-state index is 0.0422. The monoisotopic (exact) mass is 901 g/mol. The van der Waals surface area contributed by atoms with Crippen molar-refractivity contribution in [2.75, 3.05) is 6.61 Å². The van der Waals surface area contributed by atoms with Crippen molar-refractivity contribution in [1.82, 2.24) is 0 Å². The van der Waals surface area contributed by atoms with E-state index in [1.807, 2.05) is 0 Å². The zero-order valence-corrected chi connectivity index (χ0v) is 48.0. The molecule has 0 fully saturated rings. The van der Waals surface area contributed by atoms with E-state index in [2.05, 4.69) is 173 Å². The minimum Gasteiger partial charge on any atom is -0.396 e. The molecule has 3 atom stereocenters. The van der Waals surface area contributed by atoms with Crippen LogP contribution in [-0.4, -0.2) is 31.2 Å². The molecule has 59 heavy (non-hydrogen) atoms. The van der Waals surface area contributed by atoms with Crippen LogP contribution in [0.3, 0.4) is 0 Å². The minimum absolute atomic E-state index is 0.0422. The largest absolute Gasteiger partial charge is 0.396 e. The quantitative estimate of drug-likeness (QED) is 0.123. The third kappa shape index (κ3) is 37.4. The van der Waals surface area contributed by atoms with Gasteiger partial charge in [-0.25, -0.2) is 0 Å². The zero-order valence-electron chi connectivity index (χ0n) is 44.7. The number of hydrogen-bond acceptors (Lipinski definition) is 5. The number of aliphatic hydroxyl groups is 1. The molecule has 5 heteroatoms. The van der Waals surface area contributed by atoms with Gasteiger partial charge in [-0.15, -0.1) is 0 Å². The molecule has 0 rings (SSSR count). The number of aliphatic hydroxyl groups excluding tert-OH is 1. The van der Waals surface area contributed by atoms with Crippen molar-refractivity contribution in [2.24, 2.45) is 68.0 Å². The SMILES string of the molecule is CC(C)CCCC(C)(C)C(=S)C(C)(C)C.CC(C)CCC[C@@H](C)C(=S)C(C)(C)C.CC(C)CCC[C@@H](CO)C(=S)C(C)(C)C.C[C@@H](CCCC(C)(C)C)C(=S)C(C)(C)C. The number of hydrogen-bond donors (Lipinski definition) is 1. The summed E-state index contributed by atoms with van der Waals surface area (Å²) in [6, 6.07) is 0. The second-order valence-electron chi connectivity index (χ2n) is 25.4. The van der Waals surface area contributed by atoms with Crippen LogP contribution >= 0.6 is 48.9 Å². The van der Waals surface area contributed by atoms with Gasteiger partial charge in [0.25, 0.3) is 0 Å². The maximum Gasteiger partial charge on any atom is 0.0504 e. The number of rotatable bonds is 20. The summed E-state index contributed by atoms with van der Waals surface area (Å²) in [4.78, 5) is 4.71. The highest BCUT2D eigenvalue weighted by Gasteiger charge is 2.31. The molecule has 0 aromatic heterocycles. The van der Waals surface area contributed by atoms with Gasteiger partial charge in [0.05, 0.1) is 6.61 Å². The maximum atomic E-state index is 9.34. The third-order valence-electron chi connectivity index (χ3n) is 10.9. The van der Waals surface area contributed by atoms with Crippen LogP contribution in [0.15, 0.2) is 0 Å². The molecule has 354 valence electrons. The summed E-state index contributed by atoms with van der Waals surface area (Å²) in [7, 11) is 0. The van der Waals surface area contributed by atoms with E-state index >= 15 is 0 Å². The average Bonchev–Trinajstić information content (AvgIpc) is 3.03. The lowest BCUT2D eigenvalue weighted by atomic mass is 9.73. The predicted molar refractivity (Wildman–Crippen MR) is 290 cm³/mol. The van der Waals surface area contributed by atoms with Crippen molar-refractivity contribution in [3.63, 3.8) is 0 Å². The van der Waals surface area contributed by atoms with Crippen molar-refractivity contribution < 1.29 is 5.11 Å². The topological polar surface area (TPSA) is 20.2 Å². The van der Waals surface area contributed by atoms with Crippen LogP contribution in [0.25, 0.3) is 0 Å². The Labute approximate surface area is 395 Å². The molecule has 0 saturated carbocycles. The van der Waals surface area contributed by atoms with Crippen LogP contribution in [0.4, 0.5) is 0 Å². The lowest BCUT2D eigenvalue weighted by Crippen LogP contribution is -2.33. The lowest BCUT2D eigenvalue weighted by molar-refractivity contribution is 0.247. The van der Waals surface area contributed by atoms with Crippen LogP contribution in [0, 0.1) is 68.0 Å². The highest BCUT2D eigenvalue weighted by molar-refractivity contribution is 7.81. The van der Waals surface area contributed by atoms with Crippen LogP contribution < -0.4 is 0 Å². The highest BCUT2D eigenvalue weighted by Crippen LogP contribution is 2.35. The Hall–Kier alpha value is 0.320. The molecule has 0 unspecified atom stereocenters. The summed E-state index contributed by atoms with van der Waals surface area (Å²) in [6.45, 7) is 56.2. The molecular weight excluding hydrogens is 793 g/mol. The Morgan fingerprint density at radius 1 is 0.390 bits per heavy atom. The first kappa shape index (κ1) is 65.9. The molecule has 0 aliphatic heterocycles. The van der Waals surface area contributed by atoms with Crippen molar-refractivity contribution >= 4 is 68.3 Å². The smallest absolute Gasteiger partial charge is 0.0504 e. The van der Waals surface area contributed by atoms with E-state index in [1.165, 1.54) is 85.2 Å². The molecule has 0 aliphatic carbocycles. The highest BCUT2D eigenvalue weighted by atomic mass is 32.1. The molecule has 0 heterocycles. The molecule has 1 nitrogen and oxygen atoms in total. The molecule has 0 saturated heterocycles. The predicted octanol–water partition coefficient (Wildman–Crippen LogP) is 19.2. The fourth-order valence-electron chi connectivity index (χ4n) is 7.28. The van der Waals surface area contributed by atoms with Gasteiger partial charge in [0.15, 0.2) is 0 Å². The Balaban J connectivity index is -0.000000342. The Morgan fingerprint density at radius 2 is 0.695 bits per heavy atom. The van der Waals surface area contributed by atoms with Crippen molar-refractivity contribution in [3.8, 4) is 0 Å². The normalized spacial score (nSPS) is 14.3. The van der Waals surface area contributed by atoms with Crippen LogP contribution in [0.5, 0.6) is 0 Å². The summed E-state index contributed by atoms with van der Waals surface area (Å²) in [5.41, 5.74) is 1.27. The fourth-order valence-corrected chi connectivity index (χ4v) is 7.81. The third-order valence-corrected chi connectivity index (χ3v) is 15.0. The Morgan fingerprint density at radius 3 is 0.983 bits per heavy atom. The molecule has 1 N–H and O–H groups in total. The van der Waals surface area contributed by atoms with Gasteiger partial charge in [-0.05, 0) is 94.2 Å². The van der Waals surface area contributed by atoms with Gasteiger partial charge in [-0.2, -0.15) is 0 Å². The molecule has 0 radical (unpaired) electrons. The van der Waals surface area contributed by atoms with Crippen LogP contribution in [0.2, 0.25) is 0 Å². The molecular formula is C54H108OS4. The molecule has 0 spiro atoms. The lowest BCUT2D eigenvalue weighted by Gasteiger charge is -2.34. The molecule has 0 amide bonds. The molecule has 0 aliphatic rings. The van der Waals surface area contributed by atoms with E-state index in [4.69, 9.17) is 48.9 Å². The number of thiocarbonyl (C=S) groups is 4. The maximum absolute atomic E-state index is 9.34. The van der Waals surface area contributed by atoms with Gasteiger partial charge in [0.1, 0.15) is 0 Å². The van der Waals surface area contributed by atoms with Gasteiger partial charge in [0.2, 0.25) is 0 Å². The van der Waals surface area contributed by atoms with Gasteiger partial charge in [-0.3, -0.25) is 0 Å². The van der Waals surface area contributed by atoms with E-state index in [9.17, 15) is 5.11 Å². The first-order valence-electron chi connectivity index (χ1n) is 23.9. The molecule has 0 aromatic carbocycles. The summed E-state index contributed by atoms with van der Waals surface area (Å²) < 4.78 is 0. The first-order chi connectivity index (χ1) is 26.1. The summed E-state index contributed by atoms with van der Waals surface area (Å²) in [6.07, 6.45) is 15.0. The van der Waals surface area contributed by atoms with Crippen molar-refractivity contribution in [3.05, 3.63) is 0 Å². The zero-order chi connectivity index (χ0) is 48.0. The van der Waals surface area contributed by atoms with E-state index in [-0.39, 0.29) is 39.6 Å². The van der Waals surface area contributed by atoms with E-state index in [1.54, 1.807) is 0 Å². The standard InChI is InChI=1S/2C14H28S.C13H26OS.C13H26S/c1-11(12(15)14(5,6)7)9-8-10-13(2,3)4;1-11(2)9-8-10-14(6,7)12(15)13(3,4)5;1-10(2)7-6-8-11(9-14)12(15)13(3,4)5;1-10(2)8-7-9-11(3)12(14)13(4,5)6/h2*11H,8-10H2,1-7H3;10-11,14H,6-9H2,1-5H3;10-11H,7-9H2,1-6H3/t11-;;2*11-/m0.01/s1. The van der Waals surface area contributed by atoms with E-state index in [0.717, 1.165) is 29.0 Å². The van der Waals surface area contributed by atoms with E-state index < -0.39 is 0 Å². The van der Waals surface area contributed by atoms with E-state index in [0.29, 0.717) is 17.3 Å². The second-order valence-corrected chi connectivity index (χ2v) is 27.1. The Kier molecular flexibility index (Phi) is 34.0. The van der Waals surface area contributed by atoms with Gasteiger partial charge in [-0.1, -0.05) is 267 Å². The first-order valence-corrected chi connectivity index (χ1v) is 25.6. The second kappa shape index (κ2) is 30.5. The fraction of sp³-hybridized carbons (Fsp3) is 0.926. The van der Waals surface area contributed by atoms with Crippen molar-refractivity contribution in [2.45, 2.75) is 250 Å². The van der Waals surface area contributed by atoms with Crippen LogP contribution in [0.1, 0.15) is 250 Å². The van der Waals surface area contributed by atoms with Gasteiger partial charge in [0, 0.05) is 25.4 Å². The van der Waals surface area contributed by atoms with Gasteiger partial charge < -0.3 is 5.11 Å². The summed E-state index contributed by atoms with van der Waals surface area (Å²) in [5.74, 6) is 3.77. The summed E-state index contributed by atoms with van der Waals surface area (Å²) >= 11 is 22.1.